The number of sulfonamides is 1. The topological polar surface area (TPSA) is 66.8 Å². The molecule has 0 spiro atoms. The molecule has 0 amide bonds. The third-order valence-electron chi connectivity index (χ3n) is 2.16. The van der Waals surface area contributed by atoms with Crippen LogP contribution in [0.3, 0.4) is 0 Å². The minimum absolute atomic E-state index is 0.0240. The summed E-state index contributed by atoms with van der Waals surface area (Å²) in [4.78, 5) is 0. The van der Waals surface area contributed by atoms with Crippen LogP contribution in [0.2, 0.25) is 0 Å². The zero-order valence-corrected chi connectivity index (χ0v) is 9.16. The first-order chi connectivity index (χ1) is 6.56. The van der Waals surface area contributed by atoms with Gasteiger partial charge in [-0.3, -0.25) is 0 Å². The number of aliphatic hydroxyl groups is 1. The molecule has 0 saturated carbocycles. The van der Waals surface area contributed by atoms with E-state index in [4.69, 9.17) is 9.84 Å². The van der Waals surface area contributed by atoms with Gasteiger partial charge in [-0.25, -0.2) is 8.42 Å². The van der Waals surface area contributed by atoms with Crippen LogP contribution in [0, 0.1) is 0 Å². The largest absolute Gasteiger partial charge is 0.396 e. The average molecular weight is 223 g/mol. The van der Waals surface area contributed by atoms with E-state index < -0.39 is 10.0 Å². The normalized spacial score (nSPS) is 25.1. The Bertz CT molecular complexity index is 265. The monoisotopic (exact) mass is 223 g/mol. The van der Waals surface area contributed by atoms with Crippen LogP contribution in [-0.4, -0.2) is 56.0 Å². The zero-order valence-electron chi connectivity index (χ0n) is 8.35. The molecule has 1 aliphatic rings. The van der Waals surface area contributed by atoms with E-state index in [1.807, 2.05) is 6.92 Å². The number of aliphatic hydroxyl groups excluding tert-OH is 1. The Morgan fingerprint density at radius 2 is 2.29 bits per heavy atom. The molecule has 1 heterocycles. The summed E-state index contributed by atoms with van der Waals surface area (Å²) in [5, 5.41) is 8.57. The molecule has 1 fully saturated rings. The first-order valence-corrected chi connectivity index (χ1v) is 6.37. The molecule has 0 aromatic carbocycles. The summed E-state index contributed by atoms with van der Waals surface area (Å²) in [6, 6.07) is 0. The van der Waals surface area contributed by atoms with Gasteiger partial charge in [0.25, 0.3) is 0 Å². The molecular formula is C8H17NO4S. The Kier molecular flexibility index (Phi) is 4.31. The van der Waals surface area contributed by atoms with Crippen LogP contribution in [0.5, 0.6) is 0 Å². The summed E-state index contributed by atoms with van der Waals surface area (Å²) < 4.78 is 30.0. The van der Waals surface area contributed by atoms with Crippen molar-refractivity contribution in [1.82, 2.24) is 4.31 Å². The summed E-state index contributed by atoms with van der Waals surface area (Å²) in [6.07, 6.45) is 0.265. The van der Waals surface area contributed by atoms with E-state index >= 15 is 0 Å². The van der Waals surface area contributed by atoms with Gasteiger partial charge in [-0.1, -0.05) is 0 Å². The molecule has 0 bridgehead atoms. The highest BCUT2D eigenvalue weighted by atomic mass is 32.2. The van der Waals surface area contributed by atoms with Gasteiger partial charge in [0.2, 0.25) is 10.0 Å². The number of hydrogen-bond acceptors (Lipinski definition) is 4. The van der Waals surface area contributed by atoms with Crippen LogP contribution >= 0.6 is 0 Å². The third-order valence-corrected chi connectivity index (χ3v) is 4.08. The number of morpholine rings is 1. The molecule has 1 rings (SSSR count). The molecule has 1 aliphatic heterocycles. The van der Waals surface area contributed by atoms with Gasteiger partial charge in [-0.2, -0.15) is 4.31 Å². The van der Waals surface area contributed by atoms with Crippen LogP contribution in [-0.2, 0) is 14.8 Å². The Labute approximate surface area is 84.7 Å². The van der Waals surface area contributed by atoms with Crippen molar-refractivity contribution < 1.29 is 18.3 Å². The van der Waals surface area contributed by atoms with Crippen molar-refractivity contribution in [3.63, 3.8) is 0 Å². The van der Waals surface area contributed by atoms with Crippen LogP contribution < -0.4 is 0 Å². The van der Waals surface area contributed by atoms with Crippen molar-refractivity contribution in [3.05, 3.63) is 0 Å². The summed E-state index contributed by atoms with van der Waals surface area (Å²) >= 11 is 0. The fourth-order valence-electron chi connectivity index (χ4n) is 1.42. The van der Waals surface area contributed by atoms with E-state index in [0.717, 1.165) is 0 Å². The number of ether oxygens (including phenoxy) is 1. The Morgan fingerprint density at radius 3 is 2.86 bits per heavy atom. The minimum atomic E-state index is -3.19. The molecule has 0 aromatic heterocycles. The predicted molar refractivity (Wildman–Crippen MR) is 52.5 cm³/mol. The summed E-state index contributed by atoms with van der Waals surface area (Å²) in [6.45, 7) is 3.08. The van der Waals surface area contributed by atoms with Crippen molar-refractivity contribution in [2.24, 2.45) is 0 Å². The lowest BCUT2D eigenvalue weighted by Gasteiger charge is -2.30. The SMILES string of the molecule is CC1CN(S(=O)(=O)CCCO)CCO1. The van der Waals surface area contributed by atoms with E-state index in [1.54, 1.807) is 0 Å². The van der Waals surface area contributed by atoms with E-state index in [9.17, 15) is 8.42 Å². The highest BCUT2D eigenvalue weighted by Crippen LogP contribution is 2.10. The highest BCUT2D eigenvalue weighted by molar-refractivity contribution is 7.89. The van der Waals surface area contributed by atoms with Gasteiger partial charge in [0.15, 0.2) is 0 Å². The molecule has 1 atom stereocenters. The first kappa shape index (κ1) is 11.9. The van der Waals surface area contributed by atoms with Gasteiger partial charge in [0.1, 0.15) is 0 Å². The molecule has 5 nitrogen and oxygen atoms in total. The Morgan fingerprint density at radius 1 is 1.57 bits per heavy atom. The lowest BCUT2D eigenvalue weighted by atomic mass is 10.3. The molecule has 1 saturated heterocycles. The van der Waals surface area contributed by atoms with E-state index in [1.165, 1.54) is 4.31 Å². The van der Waals surface area contributed by atoms with Crippen LogP contribution in [0.4, 0.5) is 0 Å². The maximum Gasteiger partial charge on any atom is 0.214 e. The summed E-state index contributed by atoms with van der Waals surface area (Å²) in [7, 11) is -3.19. The second-order valence-electron chi connectivity index (χ2n) is 3.43. The second kappa shape index (κ2) is 5.06. The number of hydrogen-bond donors (Lipinski definition) is 1. The molecule has 14 heavy (non-hydrogen) atoms. The van der Waals surface area contributed by atoms with Crippen LogP contribution in [0.1, 0.15) is 13.3 Å². The van der Waals surface area contributed by atoms with E-state index in [2.05, 4.69) is 0 Å². The van der Waals surface area contributed by atoms with Gasteiger partial charge >= 0.3 is 0 Å². The molecule has 84 valence electrons. The lowest BCUT2D eigenvalue weighted by molar-refractivity contribution is 0.0101. The molecule has 6 heteroatoms. The fraction of sp³-hybridized carbons (Fsp3) is 1.00. The van der Waals surface area contributed by atoms with Gasteiger partial charge < -0.3 is 9.84 Å². The Hall–Kier alpha value is -0.170. The minimum Gasteiger partial charge on any atom is -0.396 e. The molecular weight excluding hydrogens is 206 g/mol. The third kappa shape index (κ3) is 3.20. The Balaban J connectivity index is 2.53. The number of rotatable bonds is 4. The summed E-state index contributed by atoms with van der Waals surface area (Å²) in [5.74, 6) is 0.0240. The quantitative estimate of drug-likeness (QED) is 0.692. The van der Waals surface area contributed by atoms with Gasteiger partial charge in [-0.15, -0.1) is 0 Å². The highest BCUT2D eigenvalue weighted by Gasteiger charge is 2.26. The maximum atomic E-state index is 11.6. The molecule has 0 aliphatic carbocycles. The van der Waals surface area contributed by atoms with Crippen molar-refractivity contribution in [2.75, 3.05) is 32.1 Å². The summed E-state index contributed by atoms with van der Waals surface area (Å²) in [5.41, 5.74) is 0. The first-order valence-electron chi connectivity index (χ1n) is 4.76. The lowest BCUT2D eigenvalue weighted by Crippen LogP contribution is -2.45. The van der Waals surface area contributed by atoms with Gasteiger partial charge in [-0.05, 0) is 13.3 Å². The standard InChI is InChI=1S/C8H17NO4S/c1-8-7-9(3-5-13-8)14(11,12)6-2-4-10/h8,10H,2-7H2,1H3. The van der Waals surface area contributed by atoms with Crippen molar-refractivity contribution in [1.29, 1.82) is 0 Å². The molecule has 1 N–H and O–H groups in total. The van der Waals surface area contributed by atoms with Crippen molar-refractivity contribution in [2.45, 2.75) is 19.4 Å². The number of nitrogens with zero attached hydrogens (tertiary/aromatic N) is 1. The van der Waals surface area contributed by atoms with E-state index in [0.29, 0.717) is 26.1 Å². The molecule has 0 aromatic rings. The van der Waals surface area contributed by atoms with Crippen LogP contribution in [0.25, 0.3) is 0 Å². The average Bonchev–Trinajstić information content (AvgIpc) is 2.15. The smallest absolute Gasteiger partial charge is 0.214 e. The van der Waals surface area contributed by atoms with Gasteiger partial charge in [0, 0.05) is 19.7 Å². The maximum absolute atomic E-state index is 11.6. The fourth-order valence-corrected chi connectivity index (χ4v) is 2.96. The zero-order chi connectivity index (χ0) is 10.6. The van der Waals surface area contributed by atoms with Crippen molar-refractivity contribution in [3.8, 4) is 0 Å². The molecule has 0 radical (unpaired) electrons. The van der Waals surface area contributed by atoms with Crippen molar-refractivity contribution >= 4 is 10.0 Å². The second-order valence-corrected chi connectivity index (χ2v) is 5.52. The van der Waals surface area contributed by atoms with Crippen LogP contribution in [0.15, 0.2) is 0 Å². The van der Waals surface area contributed by atoms with E-state index in [-0.39, 0.29) is 18.5 Å². The van der Waals surface area contributed by atoms with Gasteiger partial charge in [0.05, 0.1) is 18.5 Å². The predicted octanol–water partition coefficient (Wildman–Crippen LogP) is -0.581. The molecule has 1 unspecified atom stereocenters.